The molecule has 0 aromatic carbocycles. The van der Waals surface area contributed by atoms with Gasteiger partial charge in [0.15, 0.2) is 9.84 Å². The maximum absolute atomic E-state index is 12.6. The van der Waals surface area contributed by atoms with Gasteiger partial charge in [0, 0.05) is 22.8 Å². The van der Waals surface area contributed by atoms with Crippen LogP contribution in [0.5, 0.6) is 0 Å². The minimum atomic E-state index is -3.63. The van der Waals surface area contributed by atoms with E-state index in [9.17, 15) is 16.8 Å². The van der Waals surface area contributed by atoms with Crippen molar-refractivity contribution in [2.75, 3.05) is 24.6 Å². The first-order valence-electron chi connectivity index (χ1n) is 6.12. The van der Waals surface area contributed by atoms with E-state index in [-0.39, 0.29) is 35.4 Å². The summed E-state index contributed by atoms with van der Waals surface area (Å²) in [6, 6.07) is 1.59. The van der Waals surface area contributed by atoms with E-state index in [0.29, 0.717) is 11.3 Å². The monoisotopic (exact) mass is 357 g/mol. The van der Waals surface area contributed by atoms with Gasteiger partial charge < -0.3 is 0 Å². The summed E-state index contributed by atoms with van der Waals surface area (Å²) >= 11 is 7.09. The van der Waals surface area contributed by atoms with E-state index in [1.54, 1.807) is 13.0 Å². The molecule has 1 aliphatic heterocycles. The van der Waals surface area contributed by atoms with Crippen molar-refractivity contribution in [2.24, 2.45) is 0 Å². The molecular formula is C11H16ClNO4S3. The summed E-state index contributed by atoms with van der Waals surface area (Å²) in [7, 11) is -6.76. The summed E-state index contributed by atoms with van der Waals surface area (Å²) in [6.45, 7) is 2.01. The van der Waals surface area contributed by atoms with Crippen LogP contribution in [0.4, 0.5) is 0 Å². The van der Waals surface area contributed by atoms with E-state index in [1.807, 2.05) is 0 Å². The van der Waals surface area contributed by atoms with Crippen LogP contribution in [0.25, 0.3) is 0 Å². The van der Waals surface area contributed by atoms with Crippen molar-refractivity contribution in [1.82, 2.24) is 4.31 Å². The van der Waals surface area contributed by atoms with Gasteiger partial charge in [-0.25, -0.2) is 16.8 Å². The van der Waals surface area contributed by atoms with Crippen molar-refractivity contribution in [2.45, 2.75) is 24.1 Å². The first-order valence-corrected chi connectivity index (χ1v) is 10.7. The van der Waals surface area contributed by atoms with Crippen LogP contribution in [0, 0.1) is 6.92 Å². The molecule has 0 bridgehead atoms. The van der Waals surface area contributed by atoms with E-state index in [0.717, 1.165) is 4.88 Å². The van der Waals surface area contributed by atoms with Crippen molar-refractivity contribution in [3.05, 3.63) is 15.8 Å². The van der Waals surface area contributed by atoms with Gasteiger partial charge in [-0.15, -0.1) is 22.9 Å². The second-order valence-corrected chi connectivity index (χ2v) is 10.5. The Morgan fingerprint density at radius 1 is 1.35 bits per heavy atom. The average molecular weight is 358 g/mol. The van der Waals surface area contributed by atoms with Gasteiger partial charge in [-0.2, -0.15) is 4.31 Å². The molecule has 0 N–H and O–H groups in total. The molecule has 5 nitrogen and oxygen atoms in total. The highest BCUT2D eigenvalue weighted by atomic mass is 35.5. The topological polar surface area (TPSA) is 71.5 Å². The molecule has 0 saturated carbocycles. The molecule has 0 amide bonds. The lowest BCUT2D eigenvalue weighted by Crippen LogP contribution is -2.33. The highest BCUT2D eigenvalue weighted by molar-refractivity contribution is 7.91. The minimum absolute atomic E-state index is 0.0240. The number of halogens is 1. The quantitative estimate of drug-likeness (QED) is 0.770. The molecule has 2 heterocycles. The number of nitrogens with zero attached hydrogens (tertiary/aromatic N) is 1. The van der Waals surface area contributed by atoms with E-state index in [4.69, 9.17) is 11.6 Å². The molecule has 114 valence electrons. The second-order valence-electron chi connectivity index (χ2n) is 4.68. The Labute approximate surface area is 128 Å². The summed E-state index contributed by atoms with van der Waals surface area (Å²) < 4.78 is 49.6. The smallest absolute Gasteiger partial charge is 0.229 e. The number of sulfone groups is 1. The SMILES string of the molecule is Cc1sc(CCl)cc1S(=O)(=O)N1CCCS(=O)(=O)CC1. The fourth-order valence-electron chi connectivity index (χ4n) is 2.14. The molecule has 1 aromatic heterocycles. The van der Waals surface area contributed by atoms with Crippen molar-refractivity contribution >= 4 is 42.8 Å². The van der Waals surface area contributed by atoms with Gasteiger partial charge >= 0.3 is 0 Å². The first kappa shape index (κ1) is 16.2. The summed E-state index contributed by atoms with van der Waals surface area (Å²) in [5.74, 6) is 0.210. The third-order valence-electron chi connectivity index (χ3n) is 3.19. The predicted molar refractivity (Wildman–Crippen MR) is 80.6 cm³/mol. The van der Waals surface area contributed by atoms with Crippen LogP contribution in [0.3, 0.4) is 0 Å². The van der Waals surface area contributed by atoms with Gasteiger partial charge in [-0.1, -0.05) is 0 Å². The molecule has 0 radical (unpaired) electrons. The summed E-state index contributed by atoms with van der Waals surface area (Å²) in [6.07, 6.45) is 0.340. The number of alkyl halides is 1. The van der Waals surface area contributed by atoms with Gasteiger partial charge in [0.25, 0.3) is 0 Å². The fraction of sp³-hybridized carbons (Fsp3) is 0.636. The molecule has 2 rings (SSSR count). The molecule has 0 aliphatic carbocycles. The number of thiophene rings is 1. The van der Waals surface area contributed by atoms with Gasteiger partial charge in [0.05, 0.1) is 22.3 Å². The van der Waals surface area contributed by atoms with Crippen LogP contribution in [-0.4, -0.2) is 45.7 Å². The molecule has 1 aromatic rings. The van der Waals surface area contributed by atoms with Crippen LogP contribution in [0.2, 0.25) is 0 Å². The lowest BCUT2D eigenvalue weighted by molar-refractivity contribution is 0.434. The summed E-state index contributed by atoms with van der Waals surface area (Å²) in [5, 5.41) is 0. The molecule has 0 spiro atoms. The lowest BCUT2D eigenvalue weighted by Gasteiger charge is -2.19. The molecule has 0 atom stereocenters. The van der Waals surface area contributed by atoms with Gasteiger partial charge in [0.2, 0.25) is 10.0 Å². The molecule has 20 heavy (non-hydrogen) atoms. The molecule has 9 heteroatoms. The number of hydrogen-bond acceptors (Lipinski definition) is 5. The van der Waals surface area contributed by atoms with Crippen molar-refractivity contribution in [3.8, 4) is 0 Å². The number of aryl methyl sites for hydroxylation is 1. The highest BCUT2D eigenvalue weighted by Gasteiger charge is 2.30. The zero-order valence-corrected chi connectivity index (χ0v) is 14.2. The first-order chi connectivity index (χ1) is 9.26. The zero-order chi connectivity index (χ0) is 15.0. The van der Waals surface area contributed by atoms with Crippen LogP contribution in [0.15, 0.2) is 11.0 Å². The Morgan fingerprint density at radius 3 is 2.65 bits per heavy atom. The number of rotatable bonds is 3. The Kier molecular flexibility index (Phi) is 4.80. The van der Waals surface area contributed by atoms with Crippen molar-refractivity contribution in [3.63, 3.8) is 0 Å². The minimum Gasteiger partial charge on any atom is -0.229 e. The van der Waals surface area contributed by atoms with Crippen molar-refractivity contribution in [1.29, 1.82) is 0 Å². The fourth-order valence-corrected chi connectivity index (χ4v) is 6.70. The van der Waals surface area contributed by atoms with Crippen LogP contribution in [-0.2, 0) is 25.7 Å². The van der Waals surface area contributed by atoms with E-state index >= 15 is 0 Å². The molecule has 0 unspecified atom stereocenters. The second kappa shape index (κ2) is 5.92. The Bertz CT molecular complexity index is 693. The third-order valence-corrected chi connectivity index (χ3v) is 8.55. The maximum atomic E-state index is 12.6. The van der Waals surface area contributed by atoms with Crippen LogP contribution in [0.1, 0.15) is 16.2 Å². The molecule has 1 aliphatic rings. The van der Waals surface area contributed by atoms with Gasteiger partial charge in [0.1, 0.15) is 0 Å². The van der Waals surface area contributed by atoms with Gasteiger partial charge in [-0.3, -0.25) is 0 Å². The standard InChI is InChI=1S/C11H16ClNO4S3/c1-9-11(7-10(8-12)18-9)20(16,17)13-3-2-5-19(14,15)6-4-13/h7H,2-6,8H2,1H3. The van der Waals surface area contributed by atoms with E-state index in [2.05, 4.69) is 0 Å². The van der Waals surface area contributed by atoms with Crippen LogP contribution >= 0.6 is 22.9 Å². The van der Waals surface area contributed by atoms with Crippen LogP contribution < -0.4 is 0 Å². The summed E-state index contributed by atoms with van der Waals surface area (Å²) in [4.78, 5) is 1.73. The van der Waals surface area contributed by atoms with E-state index < -0.39 is 19.9 Å². The summed E-state index contributed by atoms with van der Waals surface area (Å²) in [5.41, 5.74) is 0. The largest absolute Gasteiger partial charge is 0.244 e. The molecular weight excluding hydrogens is 342 g/mol. The Balaban J connectivity index is 2.32. The zero-order valence-electron chi connectivity index (χ0n) is 11.0. The molecule has 1 fully saturated rings. The lowest BCUT2D eigenvalue weighted by atomic mass is 10.4. The Hall–Kier alpha value is -0.150. The highest BCUT2D eigenvalue weighted by Crippen LogP contribution is 2.29. The maximum Gasteiger partial charge on any atom is 0.244 e. The molecule has 1 saturated heterocycles. The predicted octanol–water partition coefficient (Wildman–Crippen LogP) is 1.60. The van der Waals surface area contributed by atoms with E-state index in [1.165, 1.54) is 15.6 Å². The number of sulfonamides is 1. The Morgan fingerprint density at radius 2 is 2.05 bits per heavy atom. The normalized spacial score (nSPS) is 20.7. The number of hydrogen-bond donors (Lipinski definition) is 0. The van der Waals surface area contributed by atoms with Gasteiger partial charge in [-0.05, 0) is 19.4 Å². The van der Waals surface area contributed by atoms with Crippen molar-refractivity contribution < 1.29 is 16.8 Å². The average Bonchev–Trinajstić information content (AvgIpc) is 2.64. The third kappa shape index (κ3) is 3.36.